The van der Waals surface area contributed by atoms with Gasteiger partial charge in [-0.25, -0.2) is 0 Å². The van der Waals surface area contributed by atoms with Gasteiger partial charge in [0.2, 0.25) is 0 Å². The number of hydrogen-bond acceptors (Lipinski definition) is 4. The molecule has 2 heterocycles. The average Bonchev–Trinajstić information content (AvgIpc) is 2.99. The largest absolute Gasteiger partial charge is 0.375 e. The van der Waals surface area contributed by atoms with Crippen molar-refractivity contribution >= 4 is 0 Å². The third-order valence-electron chi connectivity index (χ3n) is 5.08. The second-order valence-corrected chi connectivity index (χ2v) is 6.48. The van der Waals surface area contributed by atoms with Crippen LogP contribution >= 0.6 is 0 Å². The van der Waals surface area contributed by atoms with E-state index in [1.165, 1.54) is 31.2 Å². The van der Waals surface area contributed by atoms with Crippen molar-refractivity contribution in [3.8, 4) is 0 Å². The zero-order chi connectivity index (χ0) is 14.2. The maximum Gasteiger partial charge on any atom is 0.0686 e. The minimum absolute atomic E-state index is 0.133. The first-order valence-corrected chi connectivity index (χ1v) is 7.74. The molecule has 5 heteroatoms. The predicted octanol–water partition coefficient (Wildman–Crippen LogP) is 1.97. The Kier molecular flexibility index (Phi) is 3.84. The smallest absolute Gasteiger partial charge is 0.0686 e. The average molecular weight is 278 g/mol. The molecule has 1 aromatic rings. The van der Waals surface area contributed by atoms with Crippen molar-refractivity contribution in [3.63, 3.8) is 0 Å². The lowest BCUT2D eigenvalue weighted by Crippen LogP contribution is -2.43. The number of nitrogens with one attached hydrogen (secondary N) is 1. The molecule has 1 saturated carbocycles. The first-order chi connectivity index (χ1) is 9.63. The van der Waals surface area contributed by atoms with Crippen LogP contribution in [0.1, 0.15) is 55.8 Å². The zero-order valence-electron chi connectivity index (χ0n) is 12.6. The summed E-state index contributed by atoms with van der Waals surface area (Å²) in [7, 11) is 1.96. The van der Waals surface area contributed by atoms with E-state index in [9.17, 15) is 0 Å². The molecule has 2 aliphatic rings. The molecule has 2 atom stereocenters. The predicted molar refractivity (Wildman–Crippen MR) is 77.9 cm³/mol. The summed E-state index contributed by atoms with van der Waals surface area (Å²) < 4.78 is 8.01. The standard InChI is InChI=1S/C15H26N4O/c1-11-13(10-19(2)18-11)14(17-16)12-5-8-20-15(9-12)6-3-4-7-15/h10,12,14,17H,3-9,16H2,1-2H3. The summed E-state index contributed by atoms with van der Waals surface area (Å²) in [4.78, 5) is 0. The number of ether oxygens (including phenoxy) is 1. The lowest BCUT2D eigenvalue weighted by Gasteiger charge is -2.41. The van der Waals surface area contributed by atoms with Crippen molar-refractivity contribution in [1.82, 2.24) is 15.2 Å². The fraction of sp³-hybridized carbons (Fsp3) is 0.800. The van der Waals surface area contributed by atoms with Gasteiger partial charge >= 0.3 is 0 Å². The summed E-state index contributed by atoms with van der Waals surface area (Å²) in [6.07, 6.45) is 9.33. The summed E-state index contributed by atoms with van der Waals surface area (Å²) in [6.45, 7) is 2.92. The Morgan fingerprint density at radius 1 is 1.50 bits per heavy atom. The molecule has 5 nitrogen and oxygen atoms in total. The van der Waals surface area contributed by atoms with Crippen molar-refractivity contribution in [1.29, 1.82) is 0 Å². The van der Waals surface area contributed by atoms with Gasteiger partial charge in [-0.05, 0) is 38.5 Å². The molecule has 1 spiro atoms. The lowest BCUT2D eigenvalue weighted by atomic mass is 9.79. The summed E-state index contributed by atoms with van der Waals surface area (Å²) in [5.41, 5.74) is 5.48. The topological polar surface area (TPSA) is 65.1 Å². The maximum atomic E-state index is 6.13. The Hall–Kier alpha value is -0.910. The van der Waals surface area contributed by atoms with Gasteiger partial charge in [0.15, 0.2) is 0 Å². The van der Waals surface area contributed by atoms with Crippen LogP contribution in [-0.2, 0) is 11.8 Å². The quantitative estimate of drug-likeness (QED) is 0.655. The third-order valence-corrected chi connectivity index (χ3v) is 5.08. The summed E-state index contributed by atoms with van der Waals surface area (Å²) in [5, 5.41) is 4.45. The van der Waals surface area contributed by atoms with E-state index in [-0.39, 0.29) is 11.6 Å². The fourth-order valence-electron chi connectivity index (χ4n) is 4.12. The molecule has 1 aliphatic carbocycles. The van der Waals surface area contributed by atoms with Crippen LogP contribution < -0.4 is 11.3 Å². The molecule has 0 radical (unpaired) electrons. The van der Waals surface area contributed by atoms with Gasteiger partial charge in [-0.15, -0.1) is 0 Å². The molecule has 1 aromatic heterocycles. The number of hydrogen-bond donors (Lipinski definition) is 2. The highest BCUT2D eigenvalue weighted by Crippen LogP contribution is 2.45. The molecule has 1 aliphatic heterocycles. The fourth-order valence-corrected chi connectivity index (χ4v) is 4.12. The van der Waals surface area contributed by atoms with Crippen LogP contribution in [-0.4, -0.2) is 22.0 Å². The van der Waals surface area contributed by atoms with Gasteiger partial charge in [0.25, 0.3) is 0 Å². The first kappa shape index (κ1) is 14.0. The molecule has 112 valence electrons. The molecule has 2 unspecified atom stereocenters. The van der Waals surface area contributed by atoms with E-state index in [1.54, 1.807) is 0 Å². The van der Waals surface area contributed by atoms with E-state index in [1.807, 2.05) is 11.7 Å². The van der Waals surface area contributed by atoms with Gasteiger partial charge in [-0.3, -0.25) is 16.0 Å². The Labute approximate surface area is 120 Å². The molecule has 2 fully saturated rings. The number of nitrogens with two attached hydrogens (primary N) is 1. The molecule has 3 rings (SSSR count). The van der Waals surface area contributed by atoms with Crippen molar-refractivity contribution in [2.24, 2.45) is 18.8 Å². The van der Waals surface area contributed by atoms with Crippen LogP contribution in [0.15, 0.2) is 6.20 Å². The molecule has 20 heavy (non-hydrogen) atoms. The maximum absolute atomic E-state index is 6.13. The van der Waals surface area contributed by atoms with E-state index in [2.05, 4.69) is 23.6 Å². The van der Waals surface area contributed by atoms with Crippen molar-refractivity contribution < 1.29 is 4.74 Å². The molecule has 0 aromatic carbocycles. The number of nitrogens with zero attached hydrogens (tertiary/aromatic N) is 2. The van der Waals surface area contributed by atoms with Crippen LogP contribution in [0.4, 0.5) is 0 Å². The highest BCUT2D eigenvalue weighted by molar-refractivity contribution is 5.21. The van der Waals surface area contributed by atoms with Crippen LogP contribution in [0.25, 0.3) is 0 Å². The number of aryl methyl sites for hydroxylation is 2. The first-order valence-electron chi connectivity index (χ1n) is 7.74. The normalized spacial score (nSPS) is 27.1. The molecule has 3 N–H and O–H groups in total. The zero-order valence-corrected chi connectivity index (χ0v) is 12.6. The van der Waals surface area contributed by atoms with Gasteiger partial charge in [-0.2, -0.15) is 5.10 Å². The van der Waals surface area contributed by atoms with Gasteiger partial charge < -0.3 is 4.74 Å². The van der Waals surface area contributed by atoms with E-state index < -0.39 is 0 Å². The van der Waals surface area contributed by atoms with Gasteiger partial charge in [-0.1, -0.05) is 12.8 Å². The van der Waals surface area contributed by atoms with Crippen LogP contribution in [0.3, 0.4) is 0 Å². The highest BCUT2D eigenvalue weighted by atomic mass is 16.5. The highest BCUT2D eigenvalue weighted by Gasteiger charge is 2.42. The van der Waals surface area contributed by atoms with Crippen LogP contribution in [0.2, 0.25) is 0 Å². The van der Waals surface area contributed by atoms with Crippen molar-refractivity contribution in [2.45, 2.75) is 57.1 Å². The minimum atomic E-state index is 0.133. The van der Waals surface area contributed by atoms with Crippen LogP contribution in [0, 0.1) is 12.8 Å². The van der Waals surface area contributed by atoms with E-state index in [4.69, 9.17) is 10.6 Å². The molecule has 0 amide bonds. The van der Waals surface area contributed by atoms with E-state index in [0.29, 0.717) is 5.92 Å². The molecule has 1 saturated heterocycles. The van der Waals surface area contributed by atoms with E-state index >= 15 is 0 Å². The van der Waals surface area contributed by atoms with Gasteiger partial charge in [0.1, 0.15) is 0 Å². The Balaban J connectivity index is 1.80. The summed E-state index contributed by atoms with van der Waals surface area (Å²) >= 11 is 0. The van der Waals surface area contributed by atoms with Crippen LogP contribution in [0.5, 0.6) is 0 Å². The molecule has 0 bridgehead atoms. The number of rotatable bonds is 3. The van der Waals surface area contributed by atoms with Gasteiger partial charge in [0.05, 0.1) is 17.3 Å². The van der Waals surface area contributed by atoms with Gasteiger partial charge in [0, 0.05) is 25.4 Å². The monoisotopic (exact) mass is 278 g/mol. The second kappa shape index (κ2) is 5.47. The molecular formula is C15H26N4O. The Morgan fingerprint density at radius 2 is 2.25 bits per heavy atom. The van der Waals surface area contributed by atoms with E-state index in [0.717, 1.165) is 25.1 Å². The lowest BCUT2D eigenvalue weighted by molar-refractivity contribution is -0.0982. The summed E-state index contributed by atoms with van der Waals surface area (Å²) in [6, 6.07) is 0.185. The number of aromatic nitrogens is 2. The summed E-state index contributed by atoms with van der Waals surface area (Å²) in [5.74, 6) is 6.41. The SMILES string of the molecule is Cc1nn(C)cc1C(NN)C1CCOC2(CCCC2)C1. The third kappa shape index (κ3) is 2.50. The number of hydrazine groups is 1. The Morgan fingerprint density at radius 3 is 2.85 bits per heavy atom. The van der Waals surface area contributed by atoms with Crippen molar-refractivity contribution in [2.75, 3.05) is 6.61 Å². The Bertz CT molecular complexity index is 464. The minimum Gasteiger partial charge on any atom is -0.375 e. The molecular weight excluding hydrogens is 252 g/mol. The van der Waals surface area contributed by atoms with Crippen molar-refractivity contribution in [3.05, 3.63) is 17.5 Å². The second-order valence-electron chi connectivity index (χ2n) is 6.48.